The van der Waals surface area contributed by atoms with Crippen LogP contribution in [-0.2, 0) is 9.59 Å². The predicted molar refractivity (Wildman–Crippen MR) is 99.2 cm³/mol. The smallest absolute Gasteiger partial charge is 0.318 e. The molecule has 0 bridgehead atoms. The van der Waals surface area contributed by atoms with Gasteiger partial charge in [-0.2, -0.15) is 0 Å². The lowest BCUT2D eigenvalue weighted by Gasteiger charge is -2.28. The molecular weight excluding hydrogens is 354 g/mol. The summed E-state index contributed by atoms with van der Waals surface area (Å²) in [5.41, 5.74) is 3.38. The summed E-state index contributed by atoms with van der Waals surface area (Å²) >= 11 is 6.09. The zero-order valence-corrected chi connectivity index (χ0v) is 15.7. The van der Waals surface area contributed by atoms with Crippen LogP contribution in [0.4, 0.5) is 4.79 Å². The minimum absolute atomic E-state index is 0.0408. The van der Waals surface area contributed by atoms with Gasteiger partial charge in [0.1, 0.15) is 5.57 Å². The maximum atomic E-state index is 12.4. The van der Waals surface area contributed by atoms with Crippen LogP contribution < -0.4 is 0 Å². The highest BCUT2D eigenvalue weighted by molar-refractivity contribution is 6.31. The third-order valence-electron chi connectivity index (χ3n) is 4.48. The number of urea groups is 1. The predicted octanol–water partition coefficient (Wildman–Crippen LogP) is 3.18. The van der Waals surface area contributed by atoms with E-state index in [2.05, 4.69) is 0 Å². The Morgan fingerprint density at radius 2 is 1.58 bits per heavy atom. The molecular formula is C19H18ClN3O3. The topological polar surface area (TPSA) is 62.6 Å². The summed E-state index contributed by atoms with van der Waals surface area (Å²) in [6.07, 6.45) is 1.54. The van der Waals surface area contributed by atoms with Crippen LogP contribution in [0.5, 0.6) is 0 Å². The number of likely N-dealkylation sites (N-methyl/N-ethyl adjacent to an activating group) is 2. The number of hydrogen-bond donors (Lipinski definition) is 0. The van der Waals surface area contributed by atoms with E-state index in [-0.39, 0.29) is 5.57 Å². The van der Waals surface area contributed by atoms with Crippen LogP contribution in [0.25, 0.3) is 11.8 Å². The first-order valence-corrected chi connectivity index (χ1v) is 8.37. The van der Waals surface area contributed by atoms with Gasteiger partial charge in [0.15, 0.2) is 0 Å². The molecule has 134 valence electrons. The van der Waals surface area contributed by atoms with Gasteiger partial charge >= 0.3 is 6.03 Å². The number of halogens is 1. The van der Waals surface area contributed by atoms with Gasteiger partial charge in [0, 0.05) is 36.2 Å². The maximum absolute atomic E-state index is 12.4. The standard InChI is InChI=1S/C19H18ClN3O3/c1-11-8-13(12(2)23(11)15-7-5-6-14(20)10-15)9-16-17(24)21(3)19(26)22(4)18(16)25/h5-10H,1-4H3. The first-order chi connectivity index (χ1) is 12.2. The summed E-state index contributed by atoms with van der Waals surface area (Å²) in [6, 6.07) is 8.68. The first-order valence-electron chi connectivity index (χ1n) is 7.99. The summed E-state index contributed by atoms with van der Waals surface area (Å²) in [4.78, 5) is 38.5. The second-order valence-electron chi connectivity index (χ2n) is 6.21. The Labute approximate surface area is 156 Å². The number of aryl methyl sites for hydroxylation is 1. The number of nitrogens with zero attached hydrogens (tertiary/aromatic N) is 3. The second kappa shape index (κ2) is 6.46. The van der Waals surface area contributed by atoms with Crippen LogP contribution >= 0.6 is 11.6 Å². The minimum Gasteiger partial charge on any atom is -0.318 e. The van der Waals surface area contributed by atoms with E-state index in [9.17, 15) is 14.4 Å². The van der Waals surface area contributed by atoms with Crippen molar-refractivity contribution in [3.63, 3.8) is 0 Å². The molecule has 0 radical (unpaired) electrons. The summed E-state index contributed by atoms with van der Waals surface area (Å²) < 4.78 is 1.99. The van der Waals surface area contributed by atoms with Crippen molar-refractivity contribution in [3.8, 4) is 5.69 Å². The van der Waals surface area contributed by atoms with Gasteiger partial charge in [-0.25, -0.2) is 4.79 Å². The molecule has 0 atom stereocenters. The van der Waals surface area contributed by atoms with Crippen LogP contribution in [0.3, 0.4) is 0 Å². The summed E-state index contributed by atoms with van der Waals surface area (Å²) in [5.74, 6) is -1.21. The molecule has 0 aliphatic carbocycles. The van der Waals surface area contributed by atoms with Crippen LogP contribution in [0, 0.1) is 13.8 Å². The summed E-state index contributed by atoms with van der Waals surface area (Å²) in [7, 11) is 2.72. The highest BCUT2D eigenvalue weighted by Crippen LogP contribution is 2.26. The fraction of sp³-hybridized carbons (Fsp3) is 0.211. The number of barbiturate groups is 1. The zero-order chi connectivity index (χ0) is 19.2. The Balaban J connectivity index is 2.10. The van der Waals surface area contributed by atoms with Crippen molar-refractivity contribution in [2.75, 3.05) is 14.1 Å². The molecule has 1 aliphatic rings. The number of carbonyl (C=O) groups excluding carboxylic acids is 3. The Morgan fingerprint density at radius 1 is 0.962 bits per heavy atom. The molecule has 1 fully saturated rings. The van der Waals surface area contributed by atoms with Gasteiger partial charge in [-0.1, -0.05) is 17.7 Å². The number of amides is 4. The zero-order valence-electron chi connectivity index (χ0n) is 14.9. The lowest BCUT2D eigenvalue weighted by atomic mass is 10.1. The van der Waals surface area contributed by atoms with Gasteiger partial charge in [0.25, 0.3) is 11.8 Å². The molecule has 3 rings (SSSR count). The van der Waals surface area contributed by atoms with Crippen molar-refractivity contribution in [2.24, 2.45) is 0 Å². The molecule has 1 aromatic carbocycles. The van der Waals surface area contributed by atoms with Gasteiger partial charge in [-0.15, -0.1) is 0 Å². The number of imide groups is 2. The third kappa shape index (κ3) is 2.82. The molecule has 0 spiro atoms. The lowest BCUT2D eigenvalue weighted by molar-refractivity contribution is -0.134. The highest BCUT2D eigenvalue weighted by atomic mass is 35.5. The largest absolute Gasteiger partial charge is 0.333 e. The minimum atomic E-state index is -0.637. The van der Waals surface area contributed by atoms with E-state index in [1.54, 1.807) is 6.07 Å². The van der Waals surface area contributed by atoms with E-state index in [1.165, 1.54) is 20.2 Å². The molecule has 0 N–H and O–H groups in total. The molecule has 7 heteroatoms. The van der Waals surface area contributed by atoms with E-state index in [0.29, 0.717) is 5.02 Å². The molecule has 2 aromatic rings. The fourth-order valence-corrected chi connectivity index (χ4v) is 3.26. The van der Waals surface area contributed by atoms with Crippen LogP contribution in [-0.4, -0.2) is 46.3 Å². The van der Waals surface area contributed by atoms with E-state index < -0.39 is 17.8 Å². The number of rotatable bonds is 2. The monoisotopic (exact) mass is 371 g/mol. The van der Waals surface area contributed by atoms with Crippen molar-refractivity contribution in [1.29, 1.82) is 0 Å². The van der Waals surface area contributed by atoms with Crippen molar-refractivity contribution < 1.29 is 14.4 Å². The first kappa shape index (κ1) is 17.9. The maximum Gasteiger partial charge on any atom is 0.333 e. The average Bonchev–Trinajstić information content (AvgIpc) is 2.88. The normalized spacial score (nSPS) is 15.1. The Morgan fingerprint density at radius 3 is 2.15 bits per heavy atom. The van der Waals surface area contributed by atoms with E-state index in [4.69, 9.17) is 11.6 Å². The van der Waals surface area contributed by atoms with E-state index in [0.717, 1.165) is 32.4 Å². The Kier molecular flexibility index (Phi) is 4.46. The van der Waals surface area contributed by atoms with Crippen molar-refractivity contribution >= 4 is 35.5 Å². The van der Waals surface area contributed by atoms with Gasteiger partial charge in [0.05, 0.1) is 0 Å². The molecule has 1 aromatic heterocycles. The summed E-state index contributed by atoms with van der Waals surface area (Å²) in [6.45, 7) is 3.83. The van der Waals surface area contributed by atoms with Crippen LogP contribution in [0.2, 0.25) is 5.02 Å². The molecule has 6 nitrogen and oxygen atoms in total. The highest BCUT2D eigenvalue weighted by Gasteiger charge is 2.37. The Hall–Kier alpha value is -2.86. The molecule has 0 unspecified atom stereocenters. The molecule has 26 heavy (non-hydrogen) atoms. The molecule has 1 saturated heterocycles. The molecule has 4 amide bonds. The average molecular weight is 372 g/mol. The molecule has 0 saturated carbocycles. The number of aromatic nitrogens is 1. The quantitative estimate of drug-likeness (QED) is 0.601. The third-order valence-corrected chi connectivity index (χ3v) is 4.72. The van der Waals surface area contributed by atoms with Crippen LogP contribution in [0.15, 0.2) is 35.9 Å². The van der Waals surface area contributed by atoms with Gasteiger partial charge in [-0.05, 0) is 49.8 Å². The van der Waals surface area contributed by atoms with Crippen molar-refractivity contribution in [2.45, 2.75) is 13.8 Å². The van der Waals surface area contributed by atoms with Gasteiger partial charge < -0.3 is 4.57 Å². The van der Waals surface area contributed by atoms with Crippen molar-refractivity contribution in [1.82, 2.24) is 14.4 Å². The van der Waals surface area contributed by atoms with Gasteiger partial charge in [0.2, 0.25) is 0 Å². The summed E-state index contributed by atoms with van der Waals surface area (Å²) in [5, 5.41) is 0.620. The van der Waals surface area contributed by atoms with Crippen molar-refractivity contribution in [3.05, 3.63) is 57.9 Å². The SMILES string of the molecule is Cc1cc(C=C2C(=O)N(C)C(=O)N(C)C2=O)c(C)n1-c1cccc(Cl)c1. The number of carbonyl (C=O) groups is 3. The van der Waals surface area contributed by atoms with E-state index in [1.807, 2.05) is 42.7 Å². The second-order valence-corrected chi connectivity index (χ2v) is 6.65. The lowest BCUT2D eigenvalue weighted by Crippen LogP contribution is -2.52. The Bertz CT molecular complexity index is 948. The molecule has 2 heterocycles. The fourth-order valence-electron chi connectivity index (χ4n) is 3.08. The van der Waals surface area contributed by atoms with Gasteiger partial charge in [-0.3, -0.25) is 19.4 Å². The van der Waals surface area contributed by atoms with Crippen LogP contribution in [0.1, 0.15) is 17.0 Å². The van der Waals surface area contributed by atoms with E-state index >= 15 is 0 Å². The molecule has 1 aliphatic heterocycles. The number of hydrogen-bond acceptors (Lipinski definition) is 3. The number of benzene rings is 1.